The van der Waals surface area contributed by atoms with Gasteiger partial charge in [-0.15, -0.1) is 0 Å². The lowest BCUT2D eigenvalue weighted by Gasteiger charge is -2.08. The average molecular weight is 409 g/mol. The summed E-state index contributed by atoms with van der Waals surface area (Å²) in [6.07, 6.45) is 5.59. The molecule has 1 aromatic carbocycles. The third kappa shape index (κ3) is 3.17. The van der Waals surface area contributed by atoms with Crippen molar-refractivity contribution in [2.24, 2.45) is 7.05 Å². The number of aliphatic hydroxyl groups excluding tert-OH is 1. The van der Waals surface area contributed by atoms with Crippen LogP contribution in [0.3, 0.4) is 0 Å². The van der Waals surface area contributed by atoms with Crippen molar-refractivity contribution in [2.75, 3.05) is 6.61 Å². The van der Waals surface area contributed by atoms with Gasteiger partial charge in [-0.05, 0) is 43.9 Å². The van der Waals surface area contributed by atoms with Gasteiger partial charge in [0.2, 0.25) is 5.78 Å². The highest BCUT2D eigenvalue weighted by Crippen LogP contribution is 2.21. The minimum Gasteiger partial charge on any atom is -0.396 e. The Morgan fingerprint density at radius 2 is 1.83 bits per heavy atom. The molecule has 0 fully saturated rings. The number of nitrogens with zero attached hydrogens (tertiary/aromatic N) is 5. The fourth-order valence-electron chi connectivity index (χ4n) is 3.95. The summed E-state index contributed by atoms with van der Waals surface area (Å²) in [5, 5.41) is 9.11. The van der Waals surface area contributed by atoms with Gasteiger partial charge in [-0.3, -0.25) is 22.9 Å². The lowest BCUT2D eigenvalue weighted by molar-refractivity contribution is 0.277. The topological polar surface area (TPSA) is 86.5 Å². The molecule has 0 saturated carbocycles. The zero-order valence-electron chi connectivity index (χ0n) is 17.6. The van der Waals surface area contributed by atoms with Crippen molar-refractivity contribution in [3.63, 3.8) is 0 Å². The monoisotopic (exact) mass is 409 g/mol. The minimum absolute atomic E-state index is 0.0841. The lowest BCUT2D eigenvalue weighted by atomic mass is 10.1. The van der Waals surface area contributed by atoms with Crippen molar-refractivity contribution in [3.8, 4) is 5.69 Å². The number of aromatic nitrogens is 5. The quantitative estimate of drug-likeness (QED) is 0.507. The number of unbranched alkanes of at least 4 members (excludes halogenated alkanes) is 1. The van der Waals surface area contributed by atoms with Gasteiger partial charge in [-0.25, -0.2) is 4.79 Å². The summed E-state index contributed by atoms with van der Waals surface area (Å²) in [7, 11) is 1.62. The molecule has 8 nitrogen and oxygen atoms in total. The fraction of sp³-hybridized carbons (Fsp3) is 0.409. The van der Waals surface area contributed by atoms with Crippen LogP contribution in [-0.4, -0.2) is 34.8 Å². The van der Waals surface area contributed by atoms with Gasteiger partial charge < -0.3 is 5.11 Å². The zero-order chi connectivity index (χ0) is 21.4. The summed E-state index contributed by atoms with van der Waals surface area (Å²) < 4.78 is 6.31. The summed E-state index contributed by atoms with van der Waals surface area (Å²) in [5.74, 6) is 0.593. The third-order valence-corrected chi connectivity index (χ3v) is 5.58. The van der Waals surface area contributed by atoms with Crippen LogP contribution >= 0.6 is 0 Å². The molecule has 0 atom stereocenters. The van der Waals surface area contributed by atoms with E-state index < -0.39 is 5.69 Å². The Labute approximate surface area is 173 Å². The van der Waals surface area contributed by atoms with Crippen molar-refractivity contribution in [2.45, 2.75) is 46.1 Å². The molecule has 0 bridgehead atoms. The van der Waals surface area contributed by atoms with Crippen LogP contribution in [0, 0.1) is 6.92 Å². The summed E-state index contributed by atoms with van der Waals surface area (Å²) in [6, 6.07) is 8.38. The second-order valence-corrected chi connectivity index (χ2v) is 7.71. The molecule has 4 aromatic rings. The zero-order valence-corrected chi connectivity index (χ0v) is 17.6. The van der Waals surface area contributed by atoms with Crippen LogP contribution in [0.4, 0.5) is 0 Å². The molecule has 0 unspecified atom stereocenters. The molecule has 0 aliphatic heterocycles. The van der Waals surface area contributed by atoms with Crippen LogP contribution in [0.2, 0.25) is 0 Å². The predicted octanol–water partition coefficient (Wildman–Crippen LogP) is 2.17. The number of imidazole rings is 2. The molecule has 1 N–H and O–H groups in total. The van der Waals surface area contributed by atoms with Crippen LogP contribution in [0.15, 0.2) is 40.1 Å². The summed E-state index contributed by atoms with van der Waals surface area (Å²) >= 11 is 0. The molecule has 0 aliphatic carbocycles. The first-order valence-corrected chi connectivity index (χ1v) is 10.4. The molecule has 4 rings (SSSR count). The van der Waals surface area contributed by atoms with E-state index in [2.05, 4.69) is 36.2 Å². The number of aryl methyl sites for hydroxylation is 3. The number of fused-ring (bicyclic) bond motifs is 3. The van der Waals surface area contributed by atoms with E-state index >= 15 is 0 Å². The average Bonchev–Trinajstić information content (AvgIpc) is 3.25. The number of aliphatic hydroxyl groups is 1. The van der Waals surface area contributed by atoms with Crippen LogP contribution in [0.25, 0.3) is 22.6 Å². The molecule has 158 valence electrons. The Hall–Kier alpha value is -3.13. The first-order valence-electron chi connectivity index (χ1n) is 10.4. The van der Waals surface area contributed by atoms with E-state index in [1.165, 1.54) is 14.7 Å². The molecular weight excluding hydrogens is 382 g/mol. The molecule has 3 aromatic heterocycles. The summed E-state index contributed by atoms with van der Waals surface area (Å²) in [5.41, 5.74) is 3.11. The largest absolute Gasteiger partial charge is 0.396 e. The standard InChI is InChI=1S/C22H27N5O3/c1-4-5-7-16-8-10-17(11-9-16)27-15(2)14-26-18-19(23-21(26)27)24(3)22(30)25(20(18)29)12-6-13-28/h8-11,14,28H,4-7,12-13H2,1-3H3. The first-order chi connectivity index (χ1) is 14.5. The molecule has 0 saturated heterocycles. The molecule has 0 aliphatic rings. The Kier molecular flexibility index (Phi) is 5.34. The predicted molar refractivity (Wildman–Crippen MR) is 117 cm³/mol. The van der Waals surface area contributed by atoms with E-state index in [0.717, 1.165) is 30.6 Å². The molecular formula is C22H27N5O3. The van der Waals surface area contributed by atoms with Gasteiger partial charge in [0.1, 0.15) is 0 Å². The van der Waals surface area contributed by atoms with Gasteiger partial charge in [0.15, 0.2) is 11.2 Å². The van der Waals surface area contributed by atoms with Crippen molar-refractivity contribution < 1.29 is 5.11 Å². The maximum Gasteiger partial charge on any atom is 0.332 e. The summed E-state index contributed by atoms with van der Waals surface area (Å²) in [4.78, 5) is 30.4. The molecule has 0 spiro atoms. The van der Waals surface area contributed by atoms with Gasteiger partial charge in [0.25, 0.3) is 5.56 Å². The van der Waals surface area contributed by atoms with Gasteiger partial charge >= 0.3 is 5.69 Å². The molecule has 0 amide bonds. The van der Waals surface area contributed by atoms with Crippen molar-refractivity contribution in [3.05, 3.63) is 62.6 Å². The SMILES string of the molecule is CCCCc1ccc(-n2c(C)cn3c4c(=O)n(CCCO)c(=O)n(C)c4nc23)cc1. The van der Waals surface area contributed by atoms with Gasteiger partial charge in [-0.2, -0.15) is 4.98 Å². The van der Waals surface area contributed by atoms with E-state index in [9.17, 15) is 9.59 Å². The van der Waals surface area contributed by atoms with Crippen molar-refractivity contribution in [1.82, 2.24) is 23.1 Å². The van der Waals surface area contributed by atoms with Crippen LogP contribution < -0.4 is 11.2 Å². The summed E-state index contributed by atoms with van der Waals surface area (Å²) in [6.45, 7) is 4.24. The Morgan fingerprint density at radius 1 is 1.10 bits per heavy atom. The third-order valence-electron chi connectivity index (χ3n) is 5.58. The lowest BCUT2D eigenvalue weighted by Crippen LogP contribution is -2.39. The maximum absolute atomic E-state index is 13.1. The first kappa shape index (κ1) is 20.2. The molecule has 8 heteroatoms. The van der Waals surface area contributed by atoms with Crippen LogP contribution in [0.5, 0.6) is 0 Å². The van der Waals surface area contributed by atoms with Crippen LogP contribution in [0.1, 0.15) is 37.4 Å². The van der Waals surface area contributed by atoms with E-state index in [0.29, 0.717) is 23.4 Å². The number of benzene rings is 1. The maximum atomic E-state index is 13.1. The van der Waals surface area contributed by atoms with E-state index in [4.69, 9.17) is 5.11 Å². The number of rotatable bonds is 7. The van der Waals surface area contributed by atoms with E-state index in [1.54, 1.807) is 11.4 Å². The normalized spacial score (nSPS) is 11.7. The van der Waals surface area contributed by atoms with Crippen molar-refractivity contribution >= 4 is 16.9 Å². The van der Waals surface area contributed by atoms with Gasteiger partial charge in [-0.1, -0.05) is 25.5 Å². The highest BCUT2D eigenvalue weighted by molar-refractivity contribution is 5.76. The number of hydrogen-bond donors (Lipinski definition) is 1. The highest BCUT2D eigenvalue weighted by Gasteiger charge is 2.20. The van der Waals surface area contributed by atoms with E-state index in [-0.39, 0.29) is 18.7 Å². The molecule has 30 heavy (non-hydrogen) atoms. The smallest absolute Gasteiger partial charge is 0.332 e. The van der Waals surface area contributed by atoms with Gasteiger partial charge in [0.05, 0.1) is 0 Å². The second kappa shape index (κ2) is 7.95. The number of hydrogen-bond acceptors (Lipinski definition) is 4. The highest BCUT2D eigenvalue weighted by atomic mass is 16.3. The molecule has 3 heterocycles. The Balaban J connectivity index is 1.91. The van der Waals surface area contributed by atoms with Crippen LogP contribution in [-0.2, 0) is 20.0 Å². The molecule has 0 radical (unpaired) electrons. The van der Waals surface area contributed by atoms with Crippen molar-refractivity contribution in [1.29, 1.82) is 0 Å². The Bertz CT molecular complexity index is 1320. The van der Waals surface area contributed by atoms with Gasteiger partial charge in [0, 0.05) is 37.8 Å². The van der Waals surface area contributed by atoms with E-state index in [1.807, 2.05) is 17.7 Å². The second-order valence-electron chi connectivity index (χ2n) is 7.71. The Morgan fingerprint density at radius 3 is 2.50 bits per heavy atom. The minimum atomic E-state index is -0.426. The fourth-order valence-corrected chi connectivity index (χ4v) is 3.95.